The van der Waals surface area contributed by atoms with Crippen molar-refractivity contribution in [2.45, 2.75) is 76.5 Å². The number of hydrogen-bond acceptors (Lipinski definition) is 3. The average molecular weight is 336 g/mol. The summed E-state index contributed by atoms with van der Waals surface area (Å²) in [6.45, 7) is 5.45. The molecule has 24 heavy (non-hydrogen) atoms. The smallest absolute Gasteiger partial charge is 0.222 e. The Morgan fingerprint density at radius 3 is 3.00 bits per heavy atom. The highest BCUT2D eigenvalue weighted by Crippen LogP contribution is 2.34. The summed E-state index contributed by atoms with van der Waals surface area (Å²) < 4.78 is 5.90. The van der Waals surface area contributed by atoms with Gasteiger partial charge in [0, 0.05) is 32.6 Å². The van der Waals surface area contributed by atoms with E-state index in [-0.39, 0.29) is 0 Å². The fourth-order valence-electron chi connectivity index (χ4n) is 4.01. The standard InChI is InChI=1S/C18H32N4O2/c1-2-19-18(21-15-13-14-8-9-16(15)24-14)20-10-6-12-22-11-5-3-4-7-17(22)23/h14-16H,2-13H2,1H3,(H2,19,20,21). The molecular formula is C18H32N4O2. The van der Waals surface area contributed by atoms with Gasteiger partial charge in [-0.1, -0.05) is 6.42 Å². The minimum atomic E-state index is 0.320. The van der Waals surface area contributed by atoms with Crippen LogP contribution in [0.15, 0.2) is 4.99 Å². The summed E-state index contributed by atoms with van der Waals surface area (Å²) >= 11 is 0. The van der Waals surface area contributed by atoms with E-state index < -0.39 is 0 Å². The number of likely N-dealkylation sites (tertiary alicyclic amines) is 1. The van der Waals surface area contributed by atoms with Crippen LogP contribution < -0.4 is 10.6 Å². The van der Waals surface area contributed by atoms with Gasteiger partial charge >= 0.3 is 0 Å². The van der Waals surface area contributed by atoms with Gasteiger partial charge in [0.2, 0.25) is 5.91 Å². The van der Waals surface area contributed by atoms with Gasteiger partial charge in [-0.05, 0) is 45.4 Å². The van der Waals surface area contributed by atoms with Gasteiger partial charge in [-0.2, -0.15) is 0 Å². The number of nitrogens with one attached hydrogen (secondary N) is 2. The van der Waals surface area contributed by atoms with Crippen LogP contribution in [0.5, 0.6) is 0 Å². The minimum absolute atomic E-state index is 0.320. The van der Waals surface area contributed by atoms with Gasteiger partial charge < -0.3 is 20.3 Å². The lowest BCUT2D eigenvalue weighted by atomic mass is 9.96. The van der Waals surface area contributed by atoms with Crippen molar-refractivity contribution in [1.29, 1.82) is 0 Å². The molecule has 2 bridgehead atoms. The van der Waals surface area contributed by atoms with Gasteiger partial charge in [0.05, 0.1) is 18.2 Å². The number of nitrogens with zero attached hydrogens (tertiary/aromatic N) is 2. The van der Waals surface area contributed by atoms with Crippen LogP contribution in [0.3, 0.4) is 0 Å². The van der Waals surface area contributed by atoms with E-state index in [0.717, 1.165) is 64.2 Å². The Kier molecular flexibility index (Phi) is 6.35. The van der Waals surface area contributed by atoms with Crippen molar-refractivity contribution in [3.63, 3.8) is 0 Å². The number of hydrogen-bond donors (Lipinski definition) is 2. The number of ether oxygens (including phenoxy) is 1. The first-order chi connectivity index (χ1) is 11.8. The summed E-state index contributed by atoms with van der Waals surface area (Å²) in [5.41, 5.74) is 0. The number of fused-ring (bicyclic) bond motifs is 2. The van der Waals surface area contributed by atoms with Crippen LogP contribution in [0.1, 0.15) is 58.3 Å². The first-order valence-corrected chi connectivity index (χ1v) is 9.74. The van der Waals surface area contributed by atoms with E-state index in [9.17, 15) is 4.79 Å². The predicted molar refractivity (Wildman–Crippen MR) is 95.1 cm³/mol. The number of carbonyl (C=O) groups excluding carboxylic acids is 1. The number of carbonyl (C=O) groups is 1. The van der Waals surface area contributed by atoms with Crippen LogP contribution in [0.4, 0.5) is 0 Å². The SMILES string of the molecule is CCNC(=NCCCN1CCCCCC1=O)NC1CC2CCC1O2. The number of guanidine groups is 1. The Morgan fingerprint density at radius 1 is 1.33 bits per heavy atom. The second-order valence-corrected chi connectivity index (χ2v) is 7.17. The Morgan fingerprint density at radius 2 is 2.25 bits per heavy atom. The van der Waals surface area contributed by atoms with Crippen LogP contribution in [-0.4, -0.2) is 61.2 Å². The van der Waals surface area contributed by atoms with Gasteiger partial charge in [-0.3, -0.25) is 9.79 Å². The zero-order valence-electron chi connectivity index (χ0n) is 14.9. The highest BCUT2D eigenvalue weighted by atomic mass is 16.5. The number of aliphatic imine (C=N–C) groups is 1. The van der Waals surface area contributed by atoms with Gasteiger partial charge in [-0.15, -0.1) is 0 Å². The minimum Gasteiger partial charge on any atom is -0.373 e. The molecular weight excluding hydrogens is 304 g/mol. The average Bonchev–Trinajstić information content (AvgIpc) is 3.13. The van der Waals surface area contributed by atoms with Gasteiger partial charge in [0.15, 0.2) is 5.96 Å². The lowest BCUT2D eigenvalue weighted by Crippen LogP contribution is -2.47. The normalized spacial score (nSPS) is 30.5. The Balaban J connectivity index is 1.42. The van der Waals surface area contributed by atoms with Gasteiger partial charge in [-0.25, -0.2) is 0 Å². The summed E-state index contributed by atoms with van der Waals surface area (Å²) in [6.07, 6.45) is 9.29. The van der Waals surface area contributed by atoms with E-state index >= 15 is 0 Å². The molecule has 0 spiro atoms. The predicted octanol–water partition coefficient (Wildman–Crippen LogP) is 1.65. The third-order valence-electron chi connectivity index (χ3n) is 5.30. The molecule has 3 aliphatic rings. The first-order valence-electron chi connectivity index (χ1n) is 9.74. The molecule has 0 aromatic carbocycles. The fourth-order valence-corrected chi connectivity index (χ4v) is 4.01. The Hall–Kier alpha value is -1.30. The van der Waals surface area contributed by atoms with Crippen molar-refractivity contribution < 1.29 is 9.53 Å². The van der Waals surface area contributed by atoms with Crippen LogP contribution in [0.25, 0.3) is 0 Å². The molecule has 0 aromatic heterocycles. The van der Waals surface area contributed by atoms with Crippen LogP contribution in [-0.2, 0) is 9.53 Å². The monoisotopic (exact) mass is 336 g/mol. The van der Waals surface area contributed by atoms with Gasteiger partial charge in [0.1, 0.15) is 0 Å². The fraction of sp³-hybridized carbons (Fsp3) is 0.889. The van der Waals surface area contributed by atoms with Crippen LogP contribution in [0, 0.1) is 0 Å². The maximum absolute atomic E-state index is 12.0. The quantitative estimate of drug-likeness (QED) is 0.440. The summed E-state index contributed by atoms with van der Waals surface area (Å²) in [4.78, 5) is 18.7. The third-order valence-corrected chi connectivity index (χ3v) is 5.30. The van der Waals surface area contributed by atoms with Crippen LogP contribution in [0.2, 0.25) is 0 Å². The molecule has 3 fully saturated rings. The molecule has 3 rings (SSSR count). The Labute approximate surface area is 145 Å². The van der Waals surface area contributed by atoms with Crippen molar-refractivity contribution in [1.82, 2.24) is 15.5 Å². The summed E-state index contributed by atoms with van der Waals surface area (Å²) in [6, 6.07) is 0.397. The molecule has 0 radical (unpaired) electrons. The van der Waals surface area contributed by atoms with Crippen molar-refractivity contribution in [3.05, 3.63) is 0 Å². The molecule has 0 saturated carbocycles. The molecule has 6 heteroatoms. The van der Waals surface area contributed by atoms with E-state index in [1.165, 1.54) is 19.3 Å². The first kappa shape index (κ1) is 17.5. The van der Waals surface area contributed by atoms with E-state index in [0.29, 0.717) is 24.2 Å². The highest BCUT2D eigenvalue weighted by molar-refractivity contribution is 5.80. The summed E-state index contributed by atoms with van der Waals surface area (Å²) in [7, 11) is 0. The second kappa shape index (κ2) is 8.70. The van der Waals surface area contributed by atoms with E-state index in [1.807, 2.05) is 4.90 Å². The molecule has 3 aliphatic heterocycles. The molecule has 3 saturated heterocycles. The summed E-state index contributed by atoms with van der Waals surface area (Å²) in [5, 5.41) is 6.87. The molecule has 0 aliphatic carbocycles. The second-order valence-electron chi connectivity index (χ2n) is 7.17. The van der Waals surface area contributed by atoms with Crippen molar-refractivity contribution in [2.75, 3.05) is 26.2 Å². The molecule has 3 unspecified atom stereocenters. The molecule has 6 nitrogen and oxygen atoms in total. The van der Waals surface area contributed by atoms with Crippen LogP contribution >= 0.6 is 0 Å². The molecule has 2 N–H and O–H groups in total. The zero-order chi connectivity index (χ0) is 16.8. The lowest BCUT2D eigenvalue weighted by molar-refractivity contribution is -0.130. The zero-order valence-corrected chi connectivity index (χ0v) is 14.9. The maximum atomic E-state index is 12.0. The van der Waals surface area contributed by atoms with Crippen molar-refractivity contribution in [3.8, 4) is 0 Å². The van der Waals surface area contributed by atoms with E-state index in [4.69, 9.17) is 9.73 Å². The number of rotatable bonds is 6. The van der Waals surface area contributed by atoms with E-state index in [1.54, 1.807) is 0 Å². The maximum Gasteiger partial charge on any atom is 0.222 e. The molecule has 0 aromatic rings. The van der Waals surface area contributed by atoms with Gasteiger partial charge in [0.25, 0.3) is 0 Å². The van der Waals surface area contributed by atoms with E-state index in [2.05, 4.69) is 17.6 Å². The molecule has 3 heterocycles. The largest absolute Gasteiger partial charge is 0.373 e. The lowest BCUT2D eigenvalue weighted by Gasteiger charge is -2.23. The highest BCUT2D eigenvalue weighted by Gasteiger charge is 2.41. The van der Waals surface area contributed by atoms with Crippen molar-refractivity contribution in [2.24, 2.45) is 4.99 Å². The third kappa shape index (κ3) is 4.62. The molecule has 1 amide bonds. The number of amides is 1. The molecule has 3 atom stereocenters. The van der Waals surface area contributed by atoms with Crippen molar-refractivity contribution >= 4 is 11.9 Å². The molecule has 136 valence electrons. The Bertz CT molecular complexity index is 454. The topological polar surface area (TPSA) is 66.0 Å². The summed E-state index contributed by atoms with van der Waals surface area (Å²) in [5.74, 6) is 1.21.